The van der Waals surface area contributed by atoms with Gasteiger partial charge in [-0.3, -0.25) is 4.68 Å². The van der Waals surface area contributed by atoms with Gasteiger partial charge in [0.15, 0.2) is 5.96 Å². The maximum Gasteiger partial charge on any atom is 0.192 e. The highest BCUT2D eigenvalue weighted by Crippen LogP contribution is 2.25. The van der Waals surface area contributed by atoms with Crippen molar-refractivity contribution in [2.75, 3.05) is 13.7 Å². The zero-order chi connectivity index (χ0) is 17.5. The highest BCUT2D eigenvalue weighted by molar-refractivity contribution is 14.0. The number of aryl methyl sites for hydroxylation is 2. The fourth-order valence-electron chi connectivity index (χ4n) is 2.41. The molecular formula is C17H27IN6O. The fraction of sp³-hybridized carbons (Fsp3) is 0.471. The number of nitrogens with one attached hydrogen (secondary N) is 2. The van der Waals surface area contributed by atoms with Crippen molar-refractivity contribution in [2.24, 2.45) is 12.0 Å². The van der Waals surface area contributed by atoms with Crippen molar-refractivity contribution in [1.29, 1.82) is 0 Å². The lowest BCUT2D eigenvalue weighted by molar-refractivity contribution is 0.405. The number of halogens is 1. The van der Waals surface area contributed by atoms with Crippen LogP contribution in [-0.4, -0.2) is 34.4 Å². The molecule has 0 spiro atoms. The number of nitrogens with zero attached hydrogens (tertiary/aromatic N) is 4. The van der Waals surface area contributed by atoms with Crippen LogP contribution in [0.4, 0.5) is 0 Å². The van der Waals surface area contributed by atoms with Crippen molar-refractivity contribution in [2.45, 2.75) is 33.4 Å². The molecule has 1 heterocycles. The van der Waals surface area contributed by atoms with Gasteiger partial charge in [-0.15, -0.1) is 24.0 Å². The van der Waals surface area contributed by atoms with Crippen LogP contribution in [-0.2, 0) is 13.6 Å². The monoisotopic (exact) mass is 458 g/mol. The van der Waals surface area contributed by atoms with E-state index in [1.54, 1.807) is 11.8 Å². The Hall–Kier alpha value is -1.84. The van der Waals surface area contributed by atoms with Crippen molar-refractivity contribution in [1.82, 2.24) is 25.4 Å². The Morgan fingerprint density at radius 1 is 1.40 bits per heavy atom. The molecule has 25 heavy (non-hydrogen) atoms. The van der Waals surface area contributed by atoms with E-state index in [-0.39, 0.29) is 30.0 Å². The number of aromatic nitrogens is 3. The maximum absolute atomic E-state index is 5.48. The summed E-state index contributed by atoms with van der Waals surface area (Å²) >= 11 is 0. The maximum atomic E-state index is 5.48. The summed E-state index contributed by atoms with van der Waals surface area (Å²) in [6, 6.07) is 6.22. The number of ether oxygens (including phenoxy) is 1. The van der Waals surface area contributed by atoms with Gasteiger partial charge in [-0.2, -0.15) is 5.10 Å². The molecular weight excluding hydrogens is 431 g/mol. The highest BCUT2D eigenvalue weighted by atomic mass is 127. The molecule has 0 bridgehead atoms. The van der Waals surface area contributed by atoms with E-state index in [0.717, 1.165) is 29.6 Å². The topological polar surface area (TPSA) is 76.4 Å². The van der Waals surface area contributed by atoms with Crippen LogP contribution in [0.5, 0.6) is 5.75 Å². The molecule has 138 valence electrons. The van der Waals surface area contributed by atoms with E-state index in [9.17, 15) is 0 Å². The summed E-state index contributed by atoms with van der Waals surface area (Å²) < 4.78 is 7.20. The summed E-state index contributed by atoms with van der Waals surface area (Å²) in [7, 11) is 3.55. The van der Waals surface area contributed by atoms with E-state index in [1.165, 1.54) is 11.9 Å². The third-order valence-corrected chi connectivity index (χ3v) is 3.73. The van der Waals surface area contributed by atoms with Gasteiger partial charge in [0.2, 0.25) is 0 Å². The summed E-state index contributed by atoms with van der Waals surface area (Å²) in [5, 5.41) is 10.7. The van der Waals surface area contributed by atoms with E-state index < -0.39 is 0 Å². The quantitative estimate of drug-likeness (QED) is 0.396. The number of rotatable bonds is 6. The molecule has 0 saturated heterocycles. The van der Waals surface area contributed by atoms with E-state index in [2.05, 4.69) is 45.6 Å². The second-order valence-corrected chi connectivity index (χ2v) is 5.61. The molecule has 0 aliphatic heterocycles. The molecule has 1 aromatic carbocycles. The zero-order valence-electron chi connectivity index (χ0n) is 15.4. The van der Waals surface area contributed by atoms with Crippen molar-refractivity contribution >= 4 is 29.9 Å². The molecule has 0 aliphatic rings. The largest absolute Gasteiger partial charge is 0.496 e. The second kappa shape index (κ2) is 10.2. The minimum atomic E-state index is 0. The lowest BCUT2D eigenvalue weighted by Gasteiger charge is -2.20. The van der Waals surface area contributed by atoms with Gasteiger partial charge in [0, 0.05) is 19.2 Å². The molecule has 2 aromatic rings. The minimum absolute atomic E-state index is 0. The van der Waals surface area contributed by atoms with Gasteiger partial charge in [0.1, 0.15) is 24.4 Å². The highest BCUT2D eigenvalue weighted by Gasteiger charge is 2.13. The number of benzene rings is 1. The third-order valence-electron chi connectivity index (χ3n) is 3.73. The first kappa shape index (κ1) is 21.2. The minimum Gasteiger partial charge on any atom is -0.496 e. The van der Waals surface area contributed by atoms with Gasteiger partial charge in [0.25, 0.3) is 0 Å². The predicted molar refractivity (Wildman–Crippen MR) is 111 cm³/mol. The summed E-state index contributed by atoms with van der Waals surface area (Å²) in [6.45, 7) is 7.44. The van der Waals surface area contributed by atoms with Crippen LogP contribution in [0.25, 0.3) is 0 Å². The Bertz CT molecular complexity index is 700. The first-order valence-corrected chi connectivity index (χ1v) is 8.07. The molecule has 0 fully saturated rings. The Labute approximate surface area is 166 Å². The van der Waals surface area contributed by atoms with Crippen molar-refractivity contribution in [3.63, 3.8) is 0 Å². The first-order valence-electron chi connectivity index (χ1n) is 8.07. The zero-order valence-corrected chi connectivity index (χ0v) is 17.7. The third kappa shape index (κ3) is 5.87. The smallest absolute Gasteiger partial charge is 0.192 e. The molecule has 1 atom stereocenters. The van der Waals surface area contributed by atoms with Gasteiger partial charge in [-0.25, -0.2) is 9.98 Å². The molecule has 0 aliphatic carbocycles. The molecule has 1 aromatic heterocycles. The average Bonchev–Trinajstić information content (AvgIpc) is 2.97. The normalized spacial score (nSPS) is 12.3. The van der Waals surface area contributed by atoms with Gasteiger partial charge in [-0.05, 0) is 26.8 Å². The van der Waals surface area contributed by atoms with Crippen molar-refractivity contribution in [3.05, 3.63) is 41.5 Å². The molecule has 8 heteroatoms. The Kier molecular flexibility index (Phi) is 8.67. The van der Waals surface area contributed by atoms with Crippen LogP contribution in [0.15, 0.2) is 29.5 Å². The molecule has 1 unspecified atom stereocenters. The Morgan fingerprint density at radius 2 is 2.16 bits per heavy atom. The van der Waals surface area contributed by atoms with Crippen LogP contribution in [0.1, 0.15) is 36.8 Å². The average molecular weight is 458 g/mol. The van der Waals surface area contributed by atoms with Crippen molar-refractivity contribution < 1.29 is 4.74 Å². The van der Waals surface area contributed by atoms with Crippen molar-refractivity contribution in [3.8, 4) is 5.75 Å². The number of guanidine groups is 1. The van der Waals surface area contributed by atoms with E-state index >= 15 is 0 Å². The molecule has 0 amide bonds. The SMILES string of the molecule is CCNC(=NCc1ncnn1C)NC(C)c1cc(C)ccc1OC.I. The van der Waals surface area contributed by atoms with Gasteiger partial charge in [-0.1, -0.05) is 17.7 Å². The van der Waals surface area contributed by atoms with E-state index in [4.69, 9.17) is 4.74 Å². The Morgan fingerprint density at radius 3 is 2.76 bits per heavy atom. The van der Waals surface area contributed by atoms with Crippen LogP contribution in [0.2, 0.25) is 0 Å². The predicted octanol–water partition coefficient (Wildman–Crippen LogP) is 2.57. The molecule has 2 rings (SSSR count). The number of aliphatic imine (C=N–C) groups is 1. The standard InChI is InChI=1S/C17H26N6O.HI/c1-6-18-17(19-10-16-20-11-21-23(16)4)22-13(3)14-9-12(2)7-8-15(14)24-5;/h7-9,11,13H,6,10H2,1-5H3,(H2,18,19,22);1H. The molecule has 0 radical (unpaired) electrons. The van der Waals surface area contributed by atoms with E-state index in [1.807, 2.05) is 26.1 Å². The molecule has 7 nitrogen and oxygen atoms in total. The van der Waals surface area contributed by atoms with Crippen LogP contribution in [0, 0.1) is 6.92 Å². The van der Waals surface area contributed by atoms with Gasteiger partial charge >= 0.3 is 0 Å². The summed E-state index contributed by atoms with van der Waals surface area (Å²) in [6.07, 6.45) is 1.53. The Balaban J connectivity index is 0.00000312. The lowest BCUT2D eigenvalue weighted by Crippen LogP contribution is -2.38. The van der Waals surface area contributed by atoms with E-state index in [0.29, 0.717) is 6.54 Å². The summed E-state index contributed by atoms with van der Waals surface area (Å²) in [4.78, 5) is 8.78. The van der Waals surface area contributed by atoms with Crippen LogP contribution >= 0.6 is 24.0 Å². The molecule has 0 saturated carbocycles. The van der Waals surface area contributed by atoms with Gasteiger partial charge < -0.3 is 15.4 Å². The summed E-state index contributed by atoms with van der Waals surface area (Å²) in [5.74, 6) is 2.41. The number of hydrogen-bond donors (Lipinski definition) is 2. The van der Waals surface area contributed by atoms with Crippen LogP contribution in [0.3, 0.4) is 0 Å². The molecule has 2 N–H and O–H groups in total. The van der Waals surface area contributed by atoms with Gasteiger partial charge in [0.05, 0.1) is 13.2 Å². The number of hydrogen-bond acceptors (Lipinski definition) is 4. The van der Waals surface area contributed by atoms with Crippen LogP contribution < -0.4 is 15.4 Å². The lowest BCUT2D eigenvalue weighted by atomic mass is 10.0. The first-order chi connectivity index (χ1) is 11.5. The second-order valence-electron chi connectivity index (χ2n) is 5.61. The fourth-order valence-corrected chi connectivity index (χ4v) is 2.41. The number of methoxy groups -OCH3 is 1. The summed E-state index contributed by atoms with van der Waals surface area (Å²) in [5.41, 5.74) is 2.29.